The number of rotatable bonds is 8. The summed E-state index contributed by atoms with van der Waals surface area (Å²) in [6.45, 7) is 2.63. The second kappa shape index (κ2) is 9.92. The first-order chi connectivity index (χ1) is 12.4. The Morgan fingerprint density at radius 2 is 1.77 bits per heavy atom. The number of aliphatic imine (C=N–C) groups is 1. The Morgan fingerprint density at radius 1 is 1.15 bits per heavy atom. The van der Waals surface area contributed by atoms with E-state index < -0.39 is 9.84 Å². The van der Waals surface area contributed by atoms with E-state index in [0.717, 1.165) is 43.6 Å². The van der Waals surface area contributed by atoms with Crippen LogP contribution in [0.25, 0.3) is 0 Å². The van der Waals surface area contributed by atoms with Crippen LogP contribution < -0.4 is 10.6 Å². The molecule has 26 heavy (non-hydrogen) atoms. The fourth-order valence-corrected chi connectivity index (χ4v) is 3.96. The molecule has 0 atom stereocenters. The number of nitrogens with one attached hydrogen (secondary N) is 2. The molecule has 1 saturated carbocycles. The average molecular weight is 381 g/mol. The third-order valence-electron chi connectivity index (χ3n) is 4.99. The number of guanidine groups is 1. The lowest BCUT2D eigenvalue weighted by atomic mass is 10.1. The van der Waals surface area contributed by atoms with Gasteiger partial charge in [-0.3, -0.25) is 4.99 Å². The predicted molar refractivity (Wildman–Crippen MR) is 108 cm³/mol. The molecule has 0 saturated heterocycles. The van der Waals surface area contributed by atoms with Gasteiger partial charge in [0, 0.05) is 39.0 Å². The number of likely N-dealkylation sites (N-methyl/N-ethyl adjacent to an activating group) is 1. The number of benzene rings is 1. The molecule has 1 fully saturated rings. The monoisotopic (exact) mass is 380 g/mol. The lowest BCUT2D eigenvalue weighted by Gasteiger charge is -2.24. The quantitative estimate of drug-likeness (QED) is 0.530. The molecule has 0 bridgehead atoms. The number of sulfone groups is 1. The molecule has 1 aliphatic rings. The van der Waals surface area contributed by atoms with E-state index >= 15 is 0 Å². The van der Waals surface area contributed by atoms with Crippen molar-refractivity contribution in [1.29, 1.82) is 0 Å². The Hall–Kier alpha value is -1.60. The van der Waals surface area contributed by atoms with Gasteiger partial charge in [0.05, 0.1) is 4.90 Å². The molecule has 0 unspecified atom stereocenters. The van der Waals surface area contributed by atoms with Gasteiger partial charge in [-0.15, -0.1) is 0 Å². The lowest BCUT2D eigenvalue weighted by molar-refractivity contribution is 0.249. The minimum absolute atomic E-state index is 0.359. The van der Waals surface area contributed by atoms with Crippen LogP contribution in [0, 0.1) is 0 Å². The van der Waals surface area contributed by atoms with E-state index in [-0.39, 0.29) is 0 Å². The van der Waals surface area contributed by atoms with Crippen molar-refractivity contribution in [2.24, 2.45) is 4.99 Å². The van der Waals surface area contributed by atoms with Crippen molar-refractivity contribution < 1.29 is 8.42 Å². The summed E-state index contributed by atoms with van der Waals surface area (Å²) in [5.41, 5.74) is 1.10. The normalized spacial score (nSPS) is 16.2. The summed E-state index contributed by atoms with van der Waals surface area (Å²) in [4.78, 5) is 7.06. The molecule has 2 N–H and O–H groups in total. The fourth-order valence-electron chi connectivity index (χ4n) is 3.33. The van der Waals surface area contributed by atoms with E-state index in [2.05, 4.69) is 27.6 Å². The summed E-state index contributed by atoms with van der Waals surface area (Å²) in [6.07, 6.45) is 7.40. The van der Waals surface area contributed by atoms with Gasteiger partial charge >= 0.3 is 0 Å². The molecular formula is C19H32N4O2S. The second-order valence-corrected chi connectivity index (χ2v) is 9.03. The van der Waals surface area contributed by atoms with Crippen molar-refractivity contribution in [2.75, 3.05) is 40.0 Å². The molecule has 6 nitrogen and oxygen atoms in total. The largest absolute Gasteiger partial charge is 0.356 e. The van der Waals surface area contributed by atoms with E-state index in [4.69, 9.17) is 0 Å². The van der Waals surface area contributed by atoms with Gasteiger partial charge in [-0.05, 0) is 44.0 Å². The maximum absolute atomic E-state index is 11.5. The Balaban J connectivity index is 1.68. The fraction of sp³-hybridized carbons (Fsp3) is 0.632. The Bertz CT molecular complexity index is 680. The highest BCUT2D eigenvalue weighted by Gasteiger charge is 2.18. The molecule has 0 aromatic heterocycles. The first-order valence-electron chi connectivity index (χ1n) is 9.34. The zero-order valence-corrected chi connectivity index (χ0v) is 17.0. The van der Waals surface area contributed by atoms with E-state index in [1.807, 2.05) is 12.1 Å². The summed E-state index contributed by atoms with van der Waals surface area (Å²) in [6, 6.07) is 7.80. The first kappa shape index (κ1) is 20.7. The molecule has 0 radical (unpaired) electrons. The Morgan fingerprint density at radius 3 is 2.35 bits per heavy atom. The molecule has 0 spiro atoms. The molecule has 0 heterocycles. The van der Waals surface area contributed by atoms with Crippen LogP contribution in [-0.4, -0.2) is 65.3 Å². The number of nitrogens with zero attached hydrogens (tertiary/aromatic N) is 2. The SMILES string of the molecule is CN=C(NCCc1ccc(S(C)(=O)=O)cc1)NCCN(C)C1CCCC1. The van der Waals surface area contributed by atoms with E-state index in [0.29, 0.717) is 4.90 Å². The van der Waals surface area contributed by atoms with Gasteiger partial charge in [-0.1, -0.05) is 25.0 Å². The van der Waals surface area contributed by atoms with Crippen LogP contribution in [0.5, 0.6) is 0 Å². The van der Waals surface area contributed by atoms with E-state index in [9.17, 15) is 8.42 Å². The highest BCUT2D eigenvalue weighted by atomic mass is 32.2. The van der Waals surface area contributed by atoms with Crippen LogP contribution in [0.3, 0.4) is 0 Å². The van der Waals surface area contributed by atoms with Crippen LogP contribution in [0.1, 0.15) is 31.2 Å². The topological polar surface area (TPSA) is 73.8 Å². The van der Waals surface area contributed by atoms with Crippen LogP contribution in [0.4, 0.5) is 0 Å². The van der Waals surface area contributed by atoms with Crippen LogP contribution >= 0.6 is 0 Å². The summed E-state index contributed by atoms with van der Waals surface area (Å²) >= 11 is 0. The minimum Gasteiger partial charge on any atom is -0.356 e. The standard InChI is InChI=1S/C19H32N4O2S/c1-20-19(22-14-15-23(2)17-6-4-5-7-17)21-13-12-16-8-10-18(11-9-16)26(3,24)25/h8-11,17H,4-7,12-15H2,1-3H3,(H2,20,21,22). The van der Waals surface area contributed by atoms with Crippen LogP contribution in [0.2, 0.25) is 0 Å². The summed E-state index contributed by atoms with van der Waals surface area (Å²) in [7, 11) is 0.847. The molecule has 1 aromatic carbocycles. The van der Waals surface area contributed by atoms with Gasteiger partial charge in [0.2, 0.25) is 0 Å². The van der Waals surface area contributed by atoms with Gasteiger partial charge < -0.3 is 15.5 Å². The molecular weight excluding hydrogens is 348 g/mol. The predicted octanol–water partition coefficient (Wildman–Crippen LogP) is 1.67. The van der Waals surface area contributed by atoms with Crippen molar-refractivity contribution in [3.8, 4) is 0 Å². The number of hydrogen-bond donors (Lipinski definition) is 2. The van der Waals surface area contributed by atoms with Crippen molar-refractivity contribution in [1.82, 2.24) is 15.5 Å². The molecule has 0 amide bonds. The summed E-state index contributed by atoms with van der Waals surface area (Å²) in [5, 5.41) is 6.67. The summed E-state index contributed by atoms with van der Waals surface area (Å²) < 4.78 is 23.0. The van der Waals surface area contributed by atoms with Gasteiger partial charge in [-0.25, -0.2) is 8.42 Å². The zero-order chi connectivity index (χ0) is 19.0. The highest BCUT2D eigenvalue weighted by molar-refractivity contribution is 7.90. The summed E-state index contributed by atoms with van der Waals surface area (Å²) in [5.74, 6) is 0.803. The Labute approximate surface area is 158 Å². The van der Waals surface area contributed by atoms with Crippen LogP contribution in [0.15, 0.2) is 34.2 Å². The molecule has 7 heteroatoms. The minimum atomic E-state index is -3.13. The maximum atomic E-state index is 11.5. The van der Waals surface area contributed by atoms with Gasteiger partial charge in [0.25, 0.3) is 0 Å². The van der Waals surface area contributed by atoms with E-state index in [1.54, 1.807) is 19.2 Å². The zero-order valence-electron chi connectivity index (χ0n) is 16.2. The number of hydrogen-bond acceptors (Lipinski definition) is 4. The smallest absolute Gasteiger partial charge is 0.191 e. The second-order valence-electron chi connectivity index (χ2n) is 7.01. The van der Waals surface area contributed by atoms with Crippen molar-refractivity contribution >= 4 is 15.8 Å². The van der Waals surface area contributed by atoms with Crippen molar-refractivity contribution in [2.45, 2.75) is 43.0 Å². The van der Waals surface area contributed by atoms with Gasteiger partial charge in [0.15, 0.2) is 15.8 Å². The molecule has 2 rings (SSSR count). The first-order valence-corrected chi connectivity index (χ1v) is 11.2. The molecule has 146 valence electrons. The van der Waals surface area contributed by atoms with Gasteiger partial charge in [0.1, 0.15) is 0 Å². The maximum Gasteiger partial charge on any atom is 0.191 e. The lowest BCUT2D eigenvalue weighted by Crippen LogP contribution is -2.43. The third-order valence-corrected chi connectivity index (χ3v) is 6.11. The van der Waals surface area contributed by atoms with Crippen LogP contribution in [-0.2, 0) is 16.3 Å². The molecule has 0 aliphatic heterocycles. The van der Waals surface area contributed by atoms with E-state index in [1.165, 1.54) is 31.9 Å². The molecule has 1 aliphatic carbocycles. The Kier molecular flexibility index (Phi) is 7.90. The van der Waals surface area contributed by atoms with Crippen molar-refractivity contribution in [3.05, 3.63) is 29.8 Å². The highest BCUT2D eigenvalue weighted by Crippen LogP contribution is 2.21. The third kappa shape index (κ3) is 6.61. The molecule has 1 aromatic rings. The average Bonchev–Trinajstić information content (AvgIpc) is 3.14. The van der Waals surface area contributed by atoms with Gasteiger partial charge in [-0.2, -0.15) is 0 Å². The van der Waals surface area contributed by atoms with Crippen molar-refractivity contribution in [3.63, 3.8) is 0 Å².